The van der Waals surface area contributed by atoms with Crippen LogP contribution in [-0.4, -0.2) is 22.3 Å². The van der Waals surface area contributed by atoms with Crippen LogP contribution in [0.5, 0.6) is 0 Å². The molecular weight excluding hydrogens is 286 g/mol. The van der Waals surface area contributed by atoms with Crippen molar-refractivity contribution in [2.24, 2.45) is 0 Å². The van der Waals surface area contributed by atoms with Crippen LogP contribution in [0.3, 0.4) is 0 Å². The van der Waals surface area contributed by atoms with Gasteiger partial charge in [0.1, 0.15) is 11.3 Å². The molecule has 0 saturated heterocycles. The van der Waals surface area contributed by atoms with E-state index in [0.29, 0.717) is 24.5 Å². The van der Waals surface area contributed by atoms with Crippen molar-refractivity contribution >= 4 is 22.6 Å². The molecular formula is C14H17ClF2N2O. The average molecular weight is 303 g/mol. The van der Waals surface area contributed by atoms with E-state index in [-0.39, 0.29) is 11.6 Å². The number of ether oxygens (including phenoxy) is 1. The molecule has 2 unspecified atom stereocenters. The van der Waals surface area contributed by atoms with Crippen LogP contribution < -0.4 is 0 Å². The average Bonchev–Trinajstić information content (AvgIpc) is 2.74. The monoisotopic (exact) mass is 302 g/mol. The number of nitrogens with zero attached hydrogens (tertiary/aromatic N) is 2. The Hall–Kier alpha value is -1.20. The van der Waals surface area contributed by atoms with Gasteiger partial charge in [-0.1, -0.05) is 0 Å². The molecule has 1 aromatic carbocycles. The van der Waals surface area contributed by atoms with Crippen LogP contribution in [-0.2, 0) is 11.3 Å². The van der Waals surface area contributed by atoms with E-state index in [9.17, 15) is 8.78 Å². The maximum Gasteiger partial charge on any atom is 0.184 e. The number of hydrogen-bond acceptors (Lipinski definition) is 2. The van der Waals surface area contributed by atoms with Gasteiger partial charge in [0.2, 0.25) is 0 Å². The third-order valence-electron chi connectivity index (χ3n) is 3.08. The summed E-state index contributed by atoms with van der Waals surface area (Å²) in [6.45, 7) is 6.43. The first-order valence-corrected chi connectivity index (χ1v) is 6.99. The molecule has 0 amide bonds. The summed E-state index contributed by atoms with van der Waals surface area (Å²) in [6.07, 6.45) is -0.144. The fourth-order valence-electron chi connectivity index (χ4n) is 2.26. The summed E-state index contributed by atoms with van der Waals surface area (Å²) in [7, 11) is 0. The molecule has 0 saturated carbocycles. The van der Waals surface area contributed by atoms with E-state index in [4.69, 9.17) is 16.3 Å². The summed E-state index contributed by atoms with van der Waals surface area (Å²) in [5.74, 6) is -1.28. The Morgan fingerprint density at radius 2 is 2.05 bits per heavy atom. The zero-order valence-electron chi connectivity index (χ0n) is 11.7. The molecule has 0 radical (unpaired) electrons. The molecule has 0 aliphatic carbocycles. The Kier molecular flexibility index (Phi) is 4.60. The lowest BCUT2D eigenvalue weighted by molar-refractivity contribution is 0.0641. The molecule has 0 aliphatic rings. The van der Waals surface area contributed by atoms with Crippen molar-refractivity contribution in [2.75, 3.05) is 6.61 Å². The lowest BCUT2D eigenvalue weighted by Crippen LogP contribution is -2.19. The third kappa shape index (κ3) is 2.79. The first-order valence-electron chi connectivity index (χ1n) is 6.55. The minimum Gasteiger partial charge on any atom is -0.377 e. The van der Waals surface area contributed by atoms with Crippen molar-refractivity contribution in [3.05, 3.63) is 29.6 Å². The topological polar surface area (TPSA) is 27.1 Å². The molecule has 1 aromatic heterocycles. The number of hydrogen-bond donors (Lipinski definition) is 0. The molecule has 1 heterocycles. The van der Waals surface area contributed by atoms with E-state index in [1.54, 1.807) is 11.5 Å². The summed E-state index contributed by atoms with van der Waals surface area (Å²) in [5.41, 5.74) is 0.536. The molecule has 2 aromatic rings. The van der Waals surface area contributed by atoms with Gasteiger partial charge in [-0.15, -0.1) is 11.6 Å². The number of benzene rings is 1. The molecule has 0 N–H and O–H groups in total. The predicted octanol–water partition coefficient (Wildman–Crippen LogP) is 4.04. The molecule has 110 valence electrons. The first kappa shape index (κ1) is 15.2. The molecule has 0 aliphatic heterocycles. The summed E-state index contributed by atoms with van der Waals surface area (Å²) in [6, 6.07) is 2.53. The predicted molar refractivity (Wildman–Crippen MR) is 75.0 cm³/mol. The Morgan fingerprint density at radius 1 is 1.35 bits per heavy atom. The molecule has 0 fully saturated rings. The van der Waals surface area contributed by atoms with Crippen molar-refractivity contribution < 1.29 is 13.5 Å². The quantitative estimate of drug-likeness (QED) is 0.779. The first-order chi connectivity index (χ1) is 9.45. The highest BCUT2D eigenvalue weighted by Gasteiger charge is 2.21. The van der Waals surface area contributed by atoms with Gasteiger partial charge in [-0.25, -0.2) is 13.8 Å². The van der Waals surface area contributed by atoms with Crippen LogP contribution in [0.1, 0.15) is 32.0 Å². The second-order valence-electron chi connectivity index (χ2n) is 4.69. The Morgan fingerprint density at radius 3 is 2.65 bits per heavy atom. The van der Waals surface area contributed by atoms with Crippen molar-refractivity contribution in [3.63, 3.8) is 0 Å². The Labute approximate surface area is 121 Å². The summed E-state index contributed by atoms with van der Waals surface area (Å²) in [5, 5.41) is -0.404. The largest absolute Gasteiger partial charge is 0.377 e. The van der Waals surface area contributed by atoms with Gasteiger partial charge in [-0.2, -0.15) is 0 Å². The summed E-state index contributed by atoms with van der Waals surface area (Å²) in [4.78, 5) is 4.30. The van der Waals surface area contributed by atoms with Crippen LogP contribution in [0, 0.1) is 11.6 Å². The zero-order chi connectivity index (χ0) is 14.9. The maximum absolute atomic E-state index is 14.1. The van der Waals surface area contributed by atoms with Gasteiger partial charge < -0.3 is 9.30 Å². The summed E-state index contributed by atoms with van der Waals surface area (Å²) < 4.78 is 34.6. The zero-order valence-corrected chi connectivity index (χ0v) is 12.4. The maximum atomic E-state index is 14.1. The molecule has 0 bridgehead atoms. The normalized spacial score (nSPS) is 14.7. The van der Waals surface area contributed by atoms with Gasteiger partial charge in [0, 0.05) is 6.61 Å². The number of halogens is 3. The standard InChI is InChI=1S/C14H17ClF2N2O/c1-4-20-8(2)7-19-13-11(18-14(19)9(3)15)6-5-10(16)12(13)17/h5-6,8-9H,4,7H2,1-3H3. The summed E-state index contributed by atoms with van der Waals surface area (Å²) >= 11 is 6.09. The van der Waals surface area contributed by atoms with Crippen LogP contribution in [0.25, 0.3) is 11.0 Å². The highest BCUT2D eigenvalue weighted by molar-refractivity contribution is 6.20. The fourth-order valence-corrected chi connectivity index (χ4v) is 2.42. The van der Waals surface area contributed by atoms with Crippen LogP contribution in [0.4, 0.5) is 8.78 Å². The number of aromatic nitrogens is 2. The second-order valence-corrected chi connectivity index (χ2v) is 5.35. The van der Waals surface area contributed by atoms with Crippen molar-refractivity contribution in [1.29, 1.82) is 0 Å². The van der Waals surface area contributed by atoms with Gasteiger partial charge in [-0.3, -0.25) is 0 Å². The van der Waals surface area contributed by atoms with Gasteiger partial charge in [-0.05, 0) is 32.9 Å². The minimum absolute atomic E-state index is 0.138. The van der Waals surface area contributed by atoms with E-state index in [0.717, 1.165) is 6.07 Å². The van der Waals surface area contributed by atoms with Crippen molar-refractivity contribution in [1.82, 2.24) is 9.55 Å². The Balaban J connectivity index is 2.58. The van der Waals surface area contributed by atoms with Crippen molar-refractivity contribution in [3.8, 4) is 0 Å². The van der Waals surface area contributed by atoms with Gasteiger partial charge in [0.05, 0.1) is 23.5 Å². The highest BCUT2D eigenvalue weighted by Crippen LogP contribution is 2.28. The number of fused-ring (bicyclic) bond motifs is 1. The van der Waals surface area contributed by atoms with E-state index in [2.05, 4.69) is 4.98 Å². The van der Waals surface area contributed by atoms with E-state index < -0.39 is 17.0 Å². The van der Waals surface area contributed by atoms with Gasteiger partial charge >= 0.3 is 0 Å². The molecule has 20 heavy (non-hydrogen) atoms. The SMILES string of the molecule is CCOC(C)Cn1c(C(C)Cl)nc2ccc(F)c(F)c21. The van der Waals surface area contributed by atoms with Crippen LogP contribution in [0.2, 0.25) is 0 Å². The molecule has 2 atom stereocenters. The lowest BCUT2D eigenvalue weighted by atomic mass is 10.2. The van der Waals surface area contributed by atoms with Crippen LogP contribution >= 0.6 is 11.6 Å². The number of rotatable bonds is 5. The molecule has 0 spiro atoms. The van der Waals surface area contributed by atoms with Crippen molar-refractivity contribution in [2.45, 2.75) is 38.8 Å². The second kappa shape index (κ2) is 6.06. The van der Waals surface area contributed by atoms with E-state index in [1.807, 2.05) is 13.8 Å². The number of imidazole rings is 1. The smallest absolute Gasteiger partial charge is 0.184 e. The lowest BCUT2D eigenvalue weighted by Gasteiger charge is -2.16. The highest BCUT2D eigenvalue weighted by atomic mass is 35.5. The molecule has 3 nitrogen and oxygen atoms in total. The van der Waals surface area contributed by atoms with E-state index in [1.165, 1.54) is 6.07 Å². The molecule has 6 heteroatoms. The van der Waals surface area contributed by atoms with Crippen LogP contribution in [0.15, 0.2) is 12.1 Å². The third-order valence-corrected chi connectivity index (χ3v) is 3.27. The number of alkyl halides is 1. The van der Waals surface area contributed by atoms with E-state index >= 15 is 0 Å². The van der Waals surface area contributed by atoms with Gasteiger partial charge in [0.15, 0.2) is 11.6 Å². The van der Waals surface area contributed by atoms with Gasteiger partial charge in [0.25, 0.3) is 0 Å². The minimum atomic E-state index is -0.901. The fraction of sp³-hybridized carbons (Fsp3) is 0.500. The molecule has 2 rings (SSSR count). The Bertz CT molecular complexity index is 613.